The van der Waals surface area contributed by atoms with E-state index in [4.69, 9.17) is 0 Å². The molecule has 0 saturated carbocycles. The normalized spacial score (nSPS) is 21.5. The molecule has 0 unspecified atom stereocenters. The van der Waals surface area contributed by atoms with E-state index < -0.39 is 47.2 Å². The molecule has 0 bridgehead atoms. The average molecular weight is 394 g/mol. The van der Waals surface area contributed by atoms with Gasteiger partial charge in [-0.2, -0.15) is 26.3 Å². The first kappa shape index (κ1) is 19.6. The van der Waals surface area contributed by atoms with E-state index in [9.17, 15) is 31.1 Å². The monoisotopic (exact) mass is 394 g/mol. The Balaban J connectivity index is 1.78. The van der Waals surface area contributed by atoms with E-state index >= 15 is 0 Å². The minimum Gasteiger partial charge on any atom is -0.353 e. The van der Waals surface area contributed by atoms with Gasteiger partial charge < -0.3 is 10.6 Å². The lowest BCUT2D eigenvalue weighted by atomic mass is 9.94. The lowest BCUT2D eigenvalue weighted by Crippen LogP contribution is -2.43. The first-order chi connectivity index (χ1) is 12.5. The summed E-state index contributed by atoms with van der Waals surface area (Å²) in [7, 11) is 0. The summed E-state index contributed by atoms with van der Waals surface area (Å²) in [6.45, 7) is 1.48. The summed E-state index contributed by atoms with van der Waals surface area (Å²) in [4.78, 5) is 19.5. The SMILES string of the molecule is O=C(CC1=NC2=C(C(F)(F)F)C=C(C(F)(F)F)CC2=N1)NC1CCNCC1. The molecule has 5 nitrogen and oxygen atoms in total. The zero-order chi connectivity index (χ0) is 19.8. The highest BCUT2D eigenvalue weighted by Crippen LogP contribution is 2.41. The number of hydrogen-bond acceptors (Lipinski definition) is 4. The average Bonchev–Trinajstić information content (AvgIpc) is 2.94. The number of amides is 1. The van der Waals surface area contributed by atoms with Gasteiger partial charge in [0, 0.05) is 18.0 Å². The molecule has 3 rings (SSSR count). The van der Waals surface area contributed by atoms with Crippen LogP contribution < -0.4 is 10.6 Å². The van der Waals surface area contributed by atoms with Crippen LogP contribution in [-0.2, 0) is 4.79 Å². The van der Waals surface area contributed by atoms with Crippen LogP contribution >= 0.6 is 0 Å². The van der Waals surface area contributed by atoms with E-state index in [1.807, 2.05) is 0 Å². The molecular formula is C16H16F6N4O. The number of nitrogens with one attached hydrogen (secondary N) is 2. The Hall–Kier alpha value is -2.17. The number of piperidine rings is 1. The molecule has 2 N–H and O–H groups in total. The number of fused-ring (bicyclic) bond motifs is 1. The number of amidine groups is 1. The molecule has 1 fully saturated rings. The van der Waals surface area contributed by atoms with Crippen LogP contribution in [0.1, 0.15) is 25.7 Å². The van der Waals surface area contributed by atoms with E-state index in [2.05, 4.69) is 20.6 Å². The molecule has 0 atom stereocenters. The van der Waals surface area contributed by atoms with Crippen LogP contribution in [0.2, 0.25) is 0 Å². The van der Waals surface area contributed by atoms with E-state index in [1.54, 1.807) is 0 Å². The molecule has 1 saturated heterocycles. The molecule has 1 amide bonds. The molecule has 11 heteroatoms. The van der Waals surface area contributed by atoms with Crippen LogP contribution in [0.5, 0.6) is 0 Å². The molecule has 2 heterocycles. The van der Waals surface area contributed by atoms with Gasteiger partial charge in [0.05, 0.1) is 23.4 Å². The van der Waals surface area contributed by atoms with Crippen molar-refractivity contribution >= 4 is 17.5 Å². The van der Waals surface area contributed by atoms with Crippen LogP contribution in [0, 0.1) is 0 Å². The second kappa shape index (κ2) is 7.10. The maximum absolute atomic E-state index is 13.2. The molecule has 0 spiro atoms. The van der Waals surface area contributed by atoms with Crippen LogP contribution in [0.15, 0.2) is 32.9 Å². The Labute approximate surface area is 150 Å². The Morgan fingerprint density at radius 2 is 1.78 bits per heavy atom. The largest absolute Gasteiger partial charge is 0.418 e. The van der Waals surface area contributed by atoms with E-state index in [0.29, 0.717) is 0 Å². The Morgan fingerprint density at radius 1 is 1.11 bits per heavy atom. The van der Waals surface area contributed by atoms with Crippen molar-refractivity contribution in [1.82, 2.24) is 10.6 Å². The fraction of sp³-hybridized carbons (Fsp3) is 0.562. The van der Waals surface area contributed by atoms with Gasteiger partial charge in [0.1, 0.15) is 5.84 Å². The molecule has 3 aliphatic rings. The Morgan fingerprint density at radius 3 is 2.37 bits per heavy atom. The second-order valence-electron chi connectivity index (χ2n) is 6.46. The van der Waals surface area contributed by atoms with Gasteiger partial charge >= 0.3 is 12.4 Å². The van der Waals surface area contributed by atoms with Crippen molar-refractivity contribution in [2.24, 2.45) is 9.98 Å². The van der Waals surface area contributed by atoms with Crippen LogP contribution in [-0.4, -0.2) is 48.9 Å². The number of alkyl halides is 6. The summed E-state index contributed by atoms with van der Waals surface area (Å²) in [5.41, 5.74) is -3.89. The third kappa shape index (κ3) is 4.57. The predicted molar refractivity (Wildman–Crippen MR) is 85.4 cm³/mol. The number of hydrogen-bond donors (Lipinski definition) is 2. The van der Waals surface area contributed by atoms with Crippen LogP contribution in [0.4, 0.5) is 26.3 Å². The van der Waals surface area contributed by atoms with Crippen molar-refractivity contribution in [3.63, 3.8) is 0 Å². The third-order valence-electron chi connectivity index (χ3n) is 4.40. The van der Waals surface area contributed by atoms with Gasteiger partial charge in [-0.3, -0.25) is 4.79 Å². The molecule has 148 valence electrons. The summed E-state index contributed by atoms with van der Waals surface area (Å²) >= 11 is 0. The minimum atomic E-state index is -5.01. The maximum Gasteiger partial charge on any atom is 0.418 e. The van der Waals surface area contributed by atoms with E-state index in [0.717, 1.165) is 25.9 Å². The van der Waals surface area contributed by atoms with Crippen LogP contribution in [0.3, 0.4) is 0 Å². The fourth-order valence-corrected chi connectivity index (χ4v) is 3.11. The van der Waals surface area contributed by atoms with Gasteiger partial charge in [-0.25, -0.2) is 9.98 Å². The Bertz CT molecular complexity index is 754. The highest BCUT2D eigenvalue weighted by molar-refractivity contribution is 6.18. The van der Waals surface area contributed by atoms with Gasteiger partial charge in [-0.05, 0) is 32.0 Å². The third-order valence-corrected chi connectivity index (χ3v) is 4.40. The topological polar surface area (TPSA) is 65.8 Å². The summed E-state index contributed by atoms with van der Waals surface area (Å²) in [6, 6.07) is -0.0564. The first-order valence-electron chi connectivity index (χ1n) is 8.29. The van der Waals surface area contributed by atoms with Crippen molar-refractivity contribution in [2.75, 3.05) is 13.1 Å². The first-order valence-corrected chi connectivity index (χ1v) is 8.29. The lowest BCUT2D eigenvalue weighted by Gasteiger charge is -2.23. The van der Waals surface area contributed by atoms with Gasteiger partial charge in [-0.15, -0.1) is 0 Å². The van der Waals surface area contributed by atoms with E-state index in [-0.39, 0.29) is 24.4 Å². The summed E-state index contributed by atoms with van der Waals surface area (Å²) in [6.07, 6.45) is -9.60. The fourth-order valence-electron chi connectivity index (χ4n) is 3.11. The smallest absolute Gasteiger partial charge is 0.353 e. The highest BCUT2D eigenvalue weighted by Gasteiger charge is 2.45. The standard InChI is InChI=1S/C16H16F6N4O/c17-15(18,19)8-5-10(16(20,21)22)14-11(6-8)25-12(26-14)7-13(27)24-9-1-3-23-4-2-9/h5,9,23H,1-4,6-7H2,(H,24,27). The number of allylic oxidation sites excluding steroid dienone is 4. The van der Waals surface area contributed by atoms with Gasteiger partial charge in [0.15, 0.2) is 0 Å². The second-order valence-corrected chi connectivity index (χ2v) is 6.46. The number of nitrogens with zero attached hydrogens (tertiary/aromatic N) is 2. The molecular weight excluding hydrogens is 378 g/mol. The maximum atomic E-state index is 13.2. The lowest BCUT2D eigenvalue weighted by molar-refractivity contribution is -0.120. The van der Waals surface area contributed by atoms with Crippen molar-refractivity contribution in [3.8, 4) is 0 Å². The number of carbonyl (C=O) groups excluding carboxylic acids is 1. The van der Waals surface area contributed by atoms with Crippen molar-refractivity contribution in [2.45, 2.75) is 44.1 Å². The van der Waals surface area contributed by atoms with Crippen molar-refractivity contribution in [3.05, 3.63) is 22.9 Å². The molecule has 0 radical (unpaired) electrons. The summed E-state index contributed by atoms with van der Waals surface area (Å²) in [5.74, 6) is -0.688. The molecule has 2 aliphatic heterocycles. The molecule has 0 aromatic carbocycles. The Kier molecular flexibility index (Phi) is 5.15. The summed E-state index contributed by atoms with van der Waals surface area (Å²) < 4.78 is 78.2. The number of carbonyl (C=O) groups is 1. The number of rotatable bonds is 3. The van der Waals surface area contributed by atoms with E-state index in [1.165, 1.54) is 0 Å². The number of halogens is 6. The van der Waals surface area contributed by atoms with Gasteiger partial charge in [0.25, 0.3) is 0 Å². The zero-order valence-electron chi connectivity index (χ0n) is 14.0. The predicted octanol–water partition coefficient (Wildman–Crippen LogP) is 2.81. The van der Waals surface area contributed by atoms with Gasteiger partial charge in [0.2, 0.25) is 5.91 Å². The zero-order valence-corrected chi connectivity index (χ0v) is 14.0. The molecule has 1 aliphatic carbocycles. The minimum absolute atomic E-state index is 0.0564. The summed E-state index contributed by atoms with van der Waals surface area (Å²) in [5, 5.41) is 5.86. The van der Waals surface area contributed by atoms with Crippen molar-refractivity contribution < 1.29 is 31.1 Å². The van der Waals surface area contributed by atoms with Crippen molar-refractivity contribution in [1.29, 1.82) is 0 Å². The molecule has 0 aromatic heterocycles. The molecule has 27 heavy (non-hydrogen) atoms. The quantitative estimate of drug-likeness (QED) is 0.723. The van der Waals surface area contributed by atoms with Crippen LogP contribution in [0.25, 0.3) is 0 Å². The molecule has 0 aromatic rings. The number of aliphatic imine (C=N–C) groups is 2. The highest BCUT2D eigenvalue weighted by atomic mass is 19.4. The van der Waals surface area contributed by atoms with Gasteiger partial charge in [-0.1, -0.05) is 0 Å².